The van der Waals surface area contributed by atoms with Gasteiger partial charge in [0.2, 0.25) is 5.91 Å². The molecule has 3 rings (SSSR count). The molecule has 0 unspecified atom stereocenters. The van der Waals surface area contributed by atoms with Crippen LogP contribution in [0.5, 0.6) is 0 Å². The van der Waals surface area contributed by atoms with Crippen LogP contribution in [0.4, 0.5) is 5.69 Å². The second-order valence-corrected chi connectivity index (χ2v) is 6.18. The van der Waals surface area contributed by atoms with Crippen molar-refractivity contribution in [2.24, 2.45) is 0 Å². The fourth-order valence-electron chi connectivity index (χ4n) is 2.65. The average molecular weight is 367 g/mol. The van der Waals surface area contributed by atoms with E-state index in [9.17, 15) is 19.7 Å². The summed E-state index contributed by atoms with van der Waals surface area (Å²) in [5.74, 6) is -1.08. The van der Waals surface area contributed by atoms with Crippen molar-refractivity contribution in [2.75, 3.05) is 0 Å². The van der Waals surface area contributed by atoms with E-state index in [4.69, 9.17) is 4.42 Å². The molecule has 3 aromatic rings. The predicted molar refractivity (Wildman–Crippen MR) is 98.1 cm³/mol. The highest BCUT2D eigenvalue weighted by Gasteiger charge is 2.14. The Hall–Kier alpha value is -3.68. The van der Waals surface area contributed by atoms with Crippen molar-refractivity contribution in [3.63, 3.8) is 0 Å². The Morgan fingerprint density at radius 1 is 1.11 bits per heavy atom. The van der Waals surface area contributed by atoms with Gasteiger partial charge in [0.1, 0.15) is 5.58 Å². The molecule has 1 heterocycles. The quantitative estimate of drug-likeness (QED) is 0.543. The summed E-state index contributed by atoms with van der Waals surface area (Å²) in [5.41, 5.74) is 8.01. The van der Waals surface area contributed by atoms with Gasteiger partial charge in [0.25, 0.3) is 11.6 Å². The Morgan fingerprint density at radius 3 is 2.59 bits per heavy atom. The molecule has 0 aliphatic rings. The number of carbonyl (C=O) groups excluding carboxylic acids is 2. The first-order valence-corrected chi connectivity index (χ1v) is 8.16. The molecule has 0 spiro atoms. The van der Waals surface area contributed by atoms with Gasteiger partial charge < -0.3 is 4.42 Å². The lowest BCUT2D eigenvalue weighted by atomic mass is 10.0. The molecule has 1 aromatic heterocycles. The van der Waals surface area contributed by atoms with E-state index in [1.165, 1.54) is 24.5 Å². The lowest BCUT2D eigenvalue weighted by Crippen LogP contribution is -2.42. The second-order valence-electron chi connectivity index (χ2n) is 6.18. The zero-order chi connectivity index (χ0) is 19.6. The third-order valence-corrected chi connectivity index (χ3v) is 4.26. The smallest absolute Gasteiger partial charge is 0.270 e. The number of aryl methyl sites for hydroxylation is 2. The maximum Gasteiger partial charge on any atom is 0.270 e. The molecule has 0 fully saturated rings. The van der Waals surface area contributed by atoms with Gasteiger partial charge in [0, 0.05) is 28.6 Å². The van der Waals surface area contributed by atoms with E-state index in [1.54, 1.807) is 0 Å². The van der Waals surface area contributed by atoms with Crippen molar-refractivity contribution in [1.82, 2.24) is 10.9 Å². The zero-order valence-corrected chi connectivity index (χ0v) is 14.7. The first-order chi connectivity index (χ1) is 12.8. The Labute approximate surface area is 154 Å². The number of fused-ring (bicyclic) bond motifs is 1. The molecule has 0 radical (unpaired) electrons. The van der Waals surface area contributed by atoms with Crippen molar-refractivity contribution in [3.05, 3.63) is 75.0 Å². The van der Waals surface area contributed by atoms with Crippen molar-refractivity contribution < 1.29 is 18.9 Å². The maximum absolute atomic E-state index is 12.1. The molecule has 0 bridgehead atoms. The Bertz CT molecular complexity index is 1050. The molecule has 27 heavy (non-hydrogen) atoms. The first kappa shape index (κ1) is 18.1. The number of nitro groups is 1. The minimum Gasteiger partial charge on any atom is -0.464 e. The van der Waals surface area contributed by atoms with Gasteiger partial charge in [0.15, 0.2) is 0 Å². The van der Waals surface area contributed by atoms with Gasteiger partial charge >= 0.3 is 0 Å². The first-order valence-electron chi connectivity index (χ1n) is 8.16. The van der Waals surface area contributed by atoms with E-state index in [2.05, 4.69) is 10.9 Å². The summed E-state index contributed by atoms with van der Waals surface area (Å²) < 4.78 is 5.49. The number of rotatable bonds is 4. The van der Waals surface area contributed by atoms with Crippen LogP contribution in [0.25, 0.3) is 11.0 Å². The number of benzene rings is 2. The Balaban J connectivity index is 1.65. The normalized spacial score (nSPS) is 10.6. The van der Waals surface area contributed by atoms with Gasteiger partial charge in [-0.25, -0.2) is 0 Å². The molecule has 0 aliphatic carbocycles. The van der Waals surface area contributed by atoms with Gasteiger partial charge in [-0.05, 0) is 43.2 Å². The number of hydrogen-bond acceptors (Lipinski definition) is 5. The molecule has 0 aliphatic heterocycles. The van der Waals surface area contributed by atoms with E-state index < -0.39 is 16.7 Å². The Morgan fingerprint density at radius 2 is 1.85 bits per heavy atom. The molecular weight excluding hydrogens is 350 g/mol. The fraction of sp³-hybridized carbons (Fsp3) is 0.158. The average Bonchev–Trinajstić information content (AvgIpc) is 3.01. The van der Waals surface area contributed by atoms with Crippen molar-refractivity contribution in [3.8, 4) is 0 Å². The molecule has 2 N–H and O–H groups in total. The number of hydrazine groups is 1. The van der Waals surface area contributed by atoms with Gasteiger partial charge in [-0.3, -0.25) is 30.6 Å². The van der Waals surface area contributed by atoms with Crippen LogP contribution in [-0.2, 0) is 11.2 Å². The van der Waals surface area contributed by atoms with Gasteiger partial charge in [-0.15, -0.1) is 0 Å². The molecule has 2 amide bonds. The fourth-order valence-corrected chi connectivity index (χ4v) is 2.65. The van der Waals surface area contributed by atoms with Crippen LogP contribution in [-0.4, -0.2) is 16.7 Å². The lowest BCUT2D eigenvalue weighted by molar-refractivity contribution is -0.384. The minimum atomic E-state index is -0.643. The molecule has 138 valence electrons. The van der Waals surface area contributed by atoms with Crippen LogP contribution in [0.3, 0.4) is 0 Å². The largest absolute Gasteiger partial charge is 0.464 e. The monoisotopic (exact) mass is 367 g/mol. The number of nitrogens with one attached hydrogen (secondary N) is 2. The van der Waals surface area contributed by atoms with Gasteiger partial charge in [-0.1, -0.05) is 6.07 Å². The van der Waals surface area contributed by atoms with Crippen molar-refractivity contribution in [1.29, 1.82) is 0 Å². The molecule has 0 saturated heterocycles. The number of nitrogens with zero attached hydrogens (tertiary/aromatic N) is 1. The van der Waals surface area contributed by atoms with Crippen LogP contribution in [0.1, 0.15) is 27.0 Å². The third-order valence-electron chi connectivity index (χ3n) is 4.26. The SMILES string of the molecule is Cc1cc2occ(CC(=O)NNC(=O)c3cccc([N+](=O)[O-])c3)c2cc1C. The predicted octanol–water partition coefficient (Wildman–Crippen LogP) is 2.96. The molecule has 0 atom stereocenters. The maximum atomic E-state index is 12.1. The topological polar surface area (TPSA) is 114 Å². The number of nitro benzene ring substituents is 1. The van der Waals surface area contributed by atoms with E-state index >= 15 is 0 Å². The third kappa shape index (κ3) is 3.95. The number of non-ortho nitro benzene ring substituents is 1. The number of carbonyl (C=O) groups is 2. The molecule has 8 nitrogen and oxygen atoms in total. The molecular formula is C19H17N3O5. The zero-order valence-electron chi connectivity index (χ0n) is 14.7. The summed E-state index contributed by atoms with van der Waals surface area (Å²) in [7, 11) is 0. The summed E-state index contributed by atoms with van der Waals surface area (Å²) in [6.07, 6.45) is 1.54. The molecule has 0 saturated carbocycles. The molecule has 2 aromatic carbocycles. The highest BCUT2D eigenvalue weighted by atomic mass is 16.6. The number of hydrogen-bond donors (Lipinski definition) is 2. The van der Waals surface area contributed by atoms with Crippen LogP contribution in [0.2, 0.25) is 0 Å². The second kappa shape index (κ2) is 7.28. The molecule has 8 heteroatoms. The lowest BCUT2D eigenvalue weighted by Gasteiger charge is -2.07. The number of furan rings is 1. The van der Waals surface area contributed by atoms with Crippen molar-refractivity contribution >= 4 is 28.5 Å². The van der Waals surface area contributed by atoms with Crippen LogP contribution < -0.4 is 10.9 Å². The van der Waals surface area contributed by atoms with Gasteiger partial charge in [-0.2, -0.15) is 0 Å². The highest BCUT2D eigenvalue weighted by Crippen LogP contribution is 2.25. The summed E-state index contributed by atoms with van der Waals surface area (Å²) in [6, 6.07) is 9.11. The number of amides is 2. The summed E-state index contributed by atoms with van der Waals surface area (Å²) in [5, 5.41) is 11.6. The highest BCUT2D eigenvalue weighted by molar-refractivity contribution is 5.96. The van der Waals surface area contributed by atoms with Crippen LogP contribution >= 0.6 is 0 Å². The van der Waals surface area contributed by atoms with E-state index in [0.29, 0.717) is 11.1 Å². The van der Waals surface area contributed by atoms with E-state index in [1.807, 2.05) is 26.0 Å². The van der Waals surface area contributed by atoms with E-state index in [0.717, 1.165) is 22.6 Å². The summed E-state index contributed by atoms with van der Waals surface area (Å²) in [4.78, 5) is 34.4. The van der Waals surface area contributed by atoms with Crippen molar-refractivity contribution in [2.45, 2.75) is 20.3 Å². The standard InChI is InChI=1S/C19H17N3O5/c1-11-6-16-14(10-27-17(16)7-12(11)2)9-18(23)20-21-19(24)13-4-3-5-15(8-13)22(25)26/h3-8,10H,9H2,1-2H3,(H,20,23)(H,21,24). The summed E-state index contributed by atoms with van der Waals surface area (Å²) >= 11 is 0. The minimum absolute atomic E-state index is 0.0186. The van der Waals surface area contributed by atoms with Gasteiger partial charge in [0.05, 0.1) is 17.6 Å². The van der Waals surface area contributed by atoms with Crippen LogP contribution in [0, 0.1) is 24.0 Å². The van der Waals surface area contributed by atoms with Crippen LogP contribution in [0.15, 0.2) is 47.1 Å². The van der Waals surface area contributed by atoms with E-state index in [-0.39, 0.29) is 17.7 Å². The Kier molecular flexibility index (Phi) is 4.89. The summed E-state index contributed by atoms with van der Waals surface area (Å²) in [6.45, 7) is 3.96.